The first-order valence-corrected chi connectivity index (χ1v) is 10.6. The van der Waals surface area contributed by atoms with E-state index in [4.69, 9.17) is 4.74 Å². The van der Waals surface area contributed by atoms with Gasteiger partial charge in [0.25, 0.3) is 0 Å². The lowest BCUT2D eigenvalue weighted by atomic mass is 10.0. The van der Waals surface area contributed by atoms with E-state index in [-0.39, 0.29) is 29.6 Å². The van der Waals surface area contributed by atoms with E-state index < -0.39 is 0 Å². The van der Waals surface area contributed by atoms with Gasteiger partial charge in [-0.3, -0.25) is 4.79 Å². The first kappa shape index (κ1) is 23.0. The summed E-state index contributed by atoms with van der Waals surface area (Å²) in [7, 11) is 0. The van der Waals surface area contributed by atoms with Crippen LogP contribution in [-0.4, -0.2) is 28.6 Å². The monoisotopic (exact) mass is 434 g/mol. The number of hydrogen-bond donors (Lipinski definition) is 1. The van der Waals surface area contributed by atoms with Crippen molar-refractivity contribution < 1.29 is 13.9 Å². The lowest BCUT2D eigenvalue weighted by Crippen LogP contribution is -2.43. The van der Waals surface area contributed by atoms with Gasteiger partial charge in [-0.15, -0.1) is 6.58 Å². The Morgan fingerprint density at radius 3 is 2.31 bits per heavy atom. The number of aromatic amines is 1. The molecule has 5 nitrogen and oxygen atoms in total. The summed E-state index contributed by atoms with van der Waals surface area (Å²) >= 11 is 0. The molecule has 1 saturated heterocycles. The predicted molar refractivity (Wildman–Crippen MR) is 124 cm³/mol. The number of aromatic nitrogens is 1. The quantitative estimate of drug-likeness (QED) is 0.523. The maximum atomic E-state index is 12.3. The molecule has 3 aromatic rings. The van der Waals surface area contributed by atoms with E-state index in [1.807, 2.05) is 31.2 Å². The van der Waals surface area contributed by atoms with Crippen molar-refractivity contribution in [3.8, 4) is 11.1 Å². The number of carbonyl (C=O) groups is 1. The standard InChI is InChI=1S/C20H22N2O3.C6H5F/c1-3-4-18-11-12-22(20(24)25-18)14(2)15-5-7-16(8-6-15)17-9-10-19(23)21-13-17;7-6-4-2-1-3-5-6/h3,5-10,13-14,18H,1,4,11-12H2,2H3,(H,21,23);1-5H. The highest BCUT2D eigenvalue weighted by atomic mass is 19.1. The molecule has 0 radical (unpaired) electrons. The van der Waals surface area contributed by atoms with Crippen LogP contribution < -0.4 is 5.56 Å². The molecule has 1 aromatic heterocycles. The number of nitrogens with one attached hydrogen (secondary N) is 1. The van der Waals surface area contributed by atoms with Gasteiger partial charge in [0.2, 0.25) is 5.56 Å². The number of halogens is 1. The molecule has 0 bridgehead atoms. The third-order valence-corrected chi connectivity index (χ3v) is 5.33. The van der Waals surface area contributed by atoms with Gasteiger partial charge in [0.15, 0.2) is 0 Å². The number of hydrogen-bond acceptors (Lipinski definition) is 3. The summed E-state index contributed by atoms with van der Waals surface area (Å²) in [5, 5.41) is 0. The molecule has 2 heterocycles. The molecule has 0 saturated carbocycles. The molecule has 166 valence electrons. The van der Waals surface area contributed by atoms with Gasteiger partial charge in [0, 0.05) is 31.6 Å². The second-order valence-electron chi connectivity index (χ2n) is 7.55. The number of cyclic esters (lactones) is 1. The smallest absolute Gasteiger partial charge is 0.410 e. The van der Waals surface area contributed by atoms with E-state index in [2.05, 4.69) is 11.6 Å². The zero-order valence-electron chi connectivity index (χ0n) is 18.0. The Hall–Kier alpha value is -3.67. The molecule has 2 aromatic carbocycles. The fourth-order valence-corrected chi connectivity index (χ4v) is 3.49. The molecule has 0 aliphatic carbocycles. The van der Waals surface area contributed by atoms with Gasteiger partial charge in [-0.25, -0.2) is 9.18 Å². The molecular formula is C26H27FN2O3. The Morgan fingerprint density at radius 2 is 1.78 bits per heavy atom. The molecule has 6 heteroatoms. The van der Waals surface area contributed by atoms with Crippen LogP contribution in [0.25, 0.3) is 11.1 Å². The van der Waals surface area contributed by atoms with Crippen molar-refractivity contribution in [1.29, 1.82) is 0 Å². The second-order valence-corrected chi connectivity index (χ2v) is 7.55. The Balaban J connectivity index is 0.000000352. The average molecular weight is 435 g/mol. The topological polar surface area (TPSA) is 62.4 Å². The molecule has 1 aliphatic rings. The van der Waals surface area contributed by atoms with Gasteiger partial charge >= 0.3 is 6.09 Å². The minimum absolute atomic E-state index is 0.0539. The van der Waals surface area contributed by atoms with Crippen LogP contribution in [0.1, 0.15) is 31.4 Å². The van der Waals surface area contributed by atoms with Gasteiger partial charge in [-0.1, -0.05) is 48.5 Å². The molecule has 1 amide bonds. The highest BCUT2D eigenvalue weighted by Crippen LogP contribution is 2.28. The molecule has 2 unspecified atom stereocenters. The van der Waals surface area contributed by atoms with Crippen LogP contribution in [0.4, 0.5) is 9.18 Å². The van der Waals surface area contributed by atoms with E-state index in [9.17, 15) is 14.0 Å². The summed E-state index contributed by atoms with van der Waals surface area (Å²) in [4.78, 5) is 27.8. The van der Waals surface area contributed by atoms with Crippen LogP contribution in [0, 0.1) is 5.82 Å². The van der Waals surface area contributed by atoms with Crippen LogP contribution in [-0.2, 0) is 4.74 Å². The molecule has 4 rings (SSSR count). The van der Waals surface area contributed by atoms with Gasteiger partial charge in [0.1, 0.15) is 11.9 Å². The number of carbonyl (C=O) groups excluding carboxylic acids is 1. The van der Waals surface area contributed by atoms with E-state index in [1.165, 1.54) is 18.2 Å². The number of amides is 1. The predicted octanol–water partition coefficient (Wildman–Crippen LogP) is 5.72. The minimum atomic E-state index is -0.268. The third-order valence-electron chi connectivity index (χ3n) is 5.33. The van der Waals surface area contributed by atoms with E-state index in [0.29, 0.717) is 13.0 Å². The summed E-state index contributed by atoms with van der Waals surface area (Å²) in [6.07, 6.45) is 4.67. The first-order valence-electron chi connectivity index (χ1n) is 10.6. The SMILES string of the molecule is C=CCC1CCN(C(C)c2ccc(-c3ccc(=O)[nH]c3)cc2)C(=O)O1.Fc1ccccc1. The van der Waals surface area contributed by atoms with Crippen molar-refractivity contribution in [2.24, 2.45) is 0 Å². The van der Waals surface area contributed by atoms with Crippen molar-refractivity contribution in [1.82, 2.24) is 9.88 Å². The average Bonchev–Trinajstić information content (AvgIpc) is 2.81. The van der Waals surface area contributed by atoms with Crippen LogP contribution in [0.3, 0.4) is 0 Å². The molecule has 0 spiro atoms. The first-order chi connectivity index (χ1) is 15.5. The summed E-state index contributed by atoms with van der Waals surface area (Å²) < 4.78 is 17.4. The molecular weight excluding hydrogens is 407 g/mol. The Kier molecular flexibility index (Phi) is 7.97. The fourth-order valence-electron chi connectivity index (χ4n) is 3.49. The Labute approximate surface area is 187 Å². The van der Waals surface area contributed by atoms with E-state index >= 15 is 0 Å². The largest absolute Gasteiger partial charge is 0.446 e. The van der Waals surface area contributed by atoms with Crippen LogP contribution in [0.5, 0.6) is 0 Å². The molecule has 1 fully saturated rings. The van der Waals surface area contributed by atoms with Crippen molar-refractivity contribution in [3.63, 3.8) is 0 Å². The molecule has 2 atom stereocenters. The molecule has 32 heavy (non-hydrogen) atoms. The highest BCUT2D eigenvalue weighted by molar-refractivity contribution is 5.69. The summed E-state index contributed by atoms with van der Waals surface area (Å²) in [5.41, 5.74) is 2.89. The summed E-state index contributed by atoms with van der Waals surface area (Å²) in [6, 6.07) is 19.2. The van der Waals surface area contributed by atoms with Crippen LogP contribution in [0.2, 0.25) is 0 Å². The maximum Gasteiger partial charge on any atom is 0.410 e. The second kappa shape index (κ2) is 11.1. The number of benzene rings is 2. The number of nitrogens with zero attached hydrogens (tertiary/aromatic N) is 1. The number of ether oxygens (including phenoxy) is 1. The Morgan fingerprint density at radius 1 is 1.09 bits per heavy atom. The van der Waals surface area contributed by atoms with Gasteiger partial charge in [-0.05, 0) is 41.8 Å². The van der Waals surface area contributed by atoms with Crippen molar-refractivity contribution in [3.05, 3.63) is 107 Å². The summed E-state index contributed by atoms with van der Waals surface area (Å²) in [5.74, 6) is -0.178. The van der Waals surface area contributed by atoms with Gasteiger partial charge in [0.05, 0.1) is 6.04 Å². The van der Waals surface area contributed by atoms with E-state index in [0.717, 1.165) is 23.1 Å². The number of pyridine rings is 1. The van der Waals surface area contributed by atoms with Crippen LogP contribution >= 0.6 is 0 Å². The normalized spacial score (nSPS) is 16.4. The highest BCUT2D eigenvalue weighted by Gasteiger charge is 2.30. The van der Waals surface area contributed by atoms with E-state index in [1.54, 1.807) is 41.4 Å². The van der Waals surface area contributed by atoms with Crippen molar-refractivity contribution >= 4 is 6.09 Å². The summed E-state index contributed by atoms with van der Waals surface area (Å²) in [6.45, 7) is 6.38. The third kappa shape index (κ3) is 6.17. The van der Waals surface area contributed by atoms with Gasteiger partial charge < -0.3 is 14.6 Å². The maximum absolute atomic E-state index is 12.3. The Bertz CT molecular complexity index is 1060. The van der Waals surface area contributed by atoms with Crippen LogP contribution in [0.15, 0.2) is 90.4 Å². The lowest BCUT2D eigenvalue weighted by molar-refractivity contribution is 0.0146. The van der Waals surface area contributed by atoms with Crippen molar-refractivity contribution in [2.45, 2.75) is 31.9 Å². The zero-order valence-corrected chi connectivity index (χ0v) is 18.0. The fraction of sp³-hybridized carbons (Fsp3) is 0.231. The molecule has 1 N–H and O–H groups in total. The van der Waals surface area contributed by atoms with Gasteiger partial charge in [-0.2, -0.15) is 0 Å². The van der Waals surface area contributed by atoms with Crippen molar-refractivity contribution in [2.75, 3.05) is 6.54 Å². The lowest BCUT2D eigenvalue weighted by Gasteiger charge is -2.35. The zero-order chi connectivity index (χ0) is 22.9. The number of H-pyrrole nitrogens is 1. The number of rotatable bonds is 5. The molecule has 1 aliphatic heterocycles. The minimum Gasteiger partial charge on any atom is -0.446 e.